The topological polar surface area (TPSA) is 42.0 Å². The van der Waals surface area contributed by atoms with E-state index < -0.39 is 0 Å². The Hall–Kier alpha value is -1.39. The van der Waals surface area contributed by atoms with Crippen LogP contribution < -0.4 is 5.32 Å². The lowest BCUT2D eigenvalue weighted by Crippen LogP contribution is -1.99. The number of rotatable bonds is 3. The Bertz CT molecular complexity index is 607. The Balaban J connectivity index is 2.41. The molecule has 1 heterocycles. The first-order valence-electron chi connectivity index (χ1n) is 5.50. The number of anilines is 2. The second kappa shape index (κ2) is 5.08. The maximum Gasteiger partial charge on any atom is 0.164 e. The molecule has 0 bridgehead atoms. The second-order valence-electron chi connectivity index (χ2n) is 4.07. The van der Waals surface area contributed by atoms with Gasteiger partial charge in [-0.25, -0.2) is 0 Å². The number of halogens is 1. The van der Waals surface area contributed by atoms with E-state index in [9.17, 15) is 4.79 Å². The zero-order chi connectivity index (χ0) is 13.3. The molecule has 0 aliphatic carbocycles. The summed E-state index contributed by atoms with van der Waals surface area (Å²) in [5.74, 6) is 0.0171. The largest absolute Gasteiger partial charge is 0.345 e. The van der Waals surface area contributed by atoms with Gasteiger partial charge in [-0.15, -0.1) is 0 Å². The number of hydrogen-bond donors (Lipinski definition) is 1. The van der Waals surface area contributed by atoms with Gasteiger partial charge in [0.15, 0.2) is 5.78 Å². The number of nitrogens with one attached hydrogen (secondary N) is 1. The normalized spacial score (nSPS) is 10.4. The highest BCUT2D eigenvalue weighted by atomic mass is 35.5. The zero-order valence-electron chi connectivity index (χ0n) is 10.4. The minimum atomic E-state index is 0.0171. The van der Waals surface area contributed by atoms with Crippen LogP contribution in [-0.2, 0) is 0 Å². The number of carbonyl (C=O) groups is 1. The summed E-state index contributed by atoms with van der Waals surface area (Å²) >= 11 is 7.36. The third-order valence-corrected chi connectivity index (χ3v) is 3.99. The van der Waals surface area contributed by atoms with E-state index in [4.69, 9.17) is 11.6 Å². The van der Waals surface area contributed by atoms with Crippen molar-refractivity contribution < 1.29 is 4.79 Å². The van der Waals surface area contributed by atoms with Crippen LogP contribution in [0.5, 0.6) is 0 Å². The summed E-state index contributed by atoms with van der Waals surface area (Å²) in [5, 5.41) is 4.70. The number of Topliss-reactive ketones (excluding diaryl/α,β-unsaturated/α-hetero) is 1. The highest BCUT2D eigenvalue weighted by Gasteiger charge is 2.15. The smallest absolute Gasteiger partial charge is 0.164 e. The lowest BCUT2D eigenvalue weighted by Gasteiger charge is -2.09. The van der Waals surface area contributed by atoms with Crippen LogP contribution in [0, 0.1) is 13.8 Å². The van der Waals surface area contributed by atoms with Crippen LogP contribution in [0.1, 0.15) is 28.5 Å². The second-order valence-corrected chi connectivity index (χ2v) is 5.25. The van der Waals surface area contributed by atoms with Crippen LogP contribution in [0.2, 0.25) is 5.02 Å². The number of benzene rings is 1. The number of aromatic nitrogens is 1. The zero-order valence-corrected chi connectivity index (χ0v) is 11.9. The summed E-state index contributed by atoms with van der Waals surface area (Å²) < 4.78 is 4.21. The van der Waals surface area contributed by atoms with Gasteiger partial charge in [0.05, 0.1) is 11.3 Å². The van der Waals surface area contributed by atoms with E-state index in [-0.39, 0.29) is 5.78 Å². The molecule has 0 fully saturated rings. The molecular weight excluding hydrogens is 268 g/mol. The van der Waals surface area contributed by atoms with Crippen molar-refractivity contribution in [3.8, 4) is 0 Å². The summed E-state index contributed by atoms with van der Waals surface area (Å²) in [7, 11) is 0. The van der Waals surface area contributed by atoms with Crippen LogP contribution in [0.15, 0.2) is 18.2 Å². The Morgan fingerprint density at radius 1 is 1.39 bits per heavy atom. The van der Waals surface area contributed by atoms with Crippen LogP contribution in [-0.4, -0.2) is 10.2 Å². The maximum absolute atomic E-state index is 11.6. The van der Waals surface area contributed by atoms with Crippen LogP contribution in [0.25, 0.3) is 0 Å². The number of nitrogens with zero attached hydrogens (tertiary/aromatic N) is 1. The standard InChI is InChI=1S/C13H13ClN2OS/c1-7-10(14)5-4-6-11(7)15-13-12(9(3)17)8(2)16-18-13/h4-6,15H,1-3H3. The summed E-state index contributed by atoms with van der Waals surface area (Å²) in [6.07, 6.45) is 0. The SMILES string of the molecule is CC(=O)c1c(C)nsc1Nc1cccc(Cl)c1C. The molecule has 1 aromatic carbocycles. The van der Waals surface area contributed by atoms with Crippen molar-refractivity contribution in [1.82, 2.24) is 4.37 Å². The lowest BCUT2D eigenvalue weighted by molar-refractivity contribution is 0.101. The minimum absolute atomic E-state index is 0.0171. The average Bonchev–Trinajstić information content (AvgIpc) is 2.66. The van der Waals surface area contributed by atoms with Gasteiger partial charge in [-0.1, -0.05) is 17.7 Å². The molecule has 0 saturated heterocycles. The number of ketones is 1. The molecule has 0 amide bonds. The Kier molecular flexibility index (Phi) is 3.68. The number of carbonyl (C=O) groups excluding carboxylic acids is 1. The molecule has 0 spiro atoms. The predicted octanol–water partition coefficient (Wildman–Crippen LogP) is 4.36. The molecule has 0 saturated carbocycles. The predicted molar refractivity (Wildman–Crippen MR) is 76.3 cm³/mol. The molecule has 2 aromatic rings. The van der Waals surface area contributed by atoms with Crippen LogP contribution in [0.4, 0.5) is 10.7 Å². The highest BCUT2D eigenvalue weighted by Crippen LogP contribution is 2.31. The molecule has 0 radical (unpaired) electrons. The van der Waals surface area contributed by atoms with E-state index in [1.165, 1.54) is 11.5 Å². The Morgan fingerprint density at radius 2 is 2.11 bits per heavy atom. The van der Waals surface area contributed by atoms with Crippen molar-refractivity contribution in [2.75, 3.05) is 5.32 Å². The molecule has 0 aliphatic rings. The first-order valence-corrected chi connectivity index (χ1v) is 6.65. The van der Waals surface area contributed by atoms with Gasteiger partial charge in [0.25, 0.3) is 0 Å². The first-order chi connectivity index (χ1) is 8.50. The third kappa shape index (κ3) is 2.40. The molecule has 1 N–H and O–H groups in total. The van der Waals surface area contributed by atoms with Gasteiger partial charge in [0.1, 0.15) is 5.00 Å². The molecular formula is C13H13ClN2OS. The van der Waals surface area contributed by atoms with Gasteiger partial charge in [-0.2, -0.15) is 4.37 Å². The van der Waals surface area contributed by atoms with Gasteiger partial charge in [0.2, 0.25) is 0 Å². The first kappa shape index (κ1) is 13.1. The minimum Gasteiger partial charge on any atom is -0.345 e. The number of aryl methyl sites for hydroxylation is 1. The van der Waals surface area contributed by atoms with Crippen molar-refractivity contribution in [3.05, 3.63) is 40.0 Å². The average molecular weight is 281 g/mol. The van der Waals surface area contributed by atoms with E-state index in [1.54, 1.807) is 6.92 Å². The van der Waals surface area contributed by atoms with E-state index in [1.807, 2.05) is 32.0 Å². The summed E-state index contributed by atoms with van der Waals surface area (Å²) in [5.41, 5.74) is 3.27. The Morgan fingerprint density at radius 3 is 2.78 bits per heavy atom. The molecule has 18 heavy (non-hydrogen) atoms. The molecule has 0 unspecified atom stereocenters. The van der Waals surface area contributed by atoms with Crippen LogP contribution in [0.3, 0.4) is 0 Å². The highest BCUT2D eigenvalue weighted by molar-refractivity contribution is 7.10. The molecule has 5 heteroatoms. The molecule has 3 nitrogen and oxygen atoms in total. The van der Waals surface area contributed by atoms with Gasteiger partial charge < -0.3 is 5.32 Å². The summed E-state index contributed by atoms with van der Waals surface area (Å²) in [4.78, 5) is 11.6. The van der Waals surface area contributed by atoms with Gasteiger partial charge in [-0.3, -0.25) is 4.79 Å². The number of hydrogen-bond acceptors (Lipinski definition) is 4. The molecule has 0 atom stereocenters. The van der Waals surface area contributed by atoms with E-state index in [0.29, 0.717) is 10.6 Å². The van der Waals surface area contributed by atoms with Crippen molar-refractivity contribution in [1.29, 1.82) is 0 Å². The van der Waals surface area contributed by atoms with Gasteiger partial charge in [-0.05, 0) is 50.0 Å². The van der Waals surface area contributed by atoms with Crippen molar-refractivity contribution in [2.45, 2.75) is 20.8 Å². The third-order valence-electron chi connectivity index (χ3n) is 2.73. The van der Waals surface area contributed by atoms with Gasteiger partial charge >= 0.3 is 0 Å². The fourth-order valence-electron chi connectivity index (χ4n) is 1.73. The molecule has 2 rings (SSSR count). The fraction of sp³-hybridized carbons (Fsp3) is 0.231. The Labute approximate surface area is 115 Å². The van der Waals surface area contributed by atoms with Crippen molar-refractivity contribution >= 4 is 39.6 Å². The monoisotopic (exact) mass is 280 g/mol. The van der Waals surface area contributed by atoms with E-state index >= 15 is 0 Å². The van der Waals surface area contributed by atoms with E-state index in [0.717, 1.165) is 21.9 Å². The van der Waals surface area contributed by atoms with Gasteiger partial charge in [0, 0.05) is 10.7 Å². The fourth-order valence-corrected chi connectivity index (χ4v) is 2.77. The van der Waals surface area contributed by atoms with E-state index in [2.05, 4.69) is 9.69 Å². The molecule has 94 valence electrons. The summed E-state index contributed by atoms with van der Waals surface area (Å²) in [6, 6.07) is 5.64. The summed E-state index contributed by atoms with van der Waals surface area (Å²) in [6.45, 7) is 5.32. The lowest BCUT2D eigenvalue weighted by atomic mass is 10.1. The van der Waals surface area contributed by atoms with Crippen LogP contribution >= 0.6 is 23.1 Å². The maximum atomic E-state index is 11.6. The molecule has 0 aliphatic heterocycles. The van der Waals surface area contributed by atoms with Crippen molar-refractivity contribution in [2.24, 2.45) is 0 Å². The quantitative estimate of drug-likeness (QED) is 0.850. The van der Waals surface area contributed by atoms with Crippen molar-refractivity contribution in [3.63, 3.8) is 0 Å². The molecule has 1 aromatic heterocycles.